The lowest BCUT2D eigenvalue weighted by atomic mass is 10.0. The van der Waals surface area contributed by atoms with Crippen molar-refractivity contribution in [1.29, 1.82) is 0 Å². The van der Waals surface area contributed by atoms with Gasteiger partial charge in [-0.15, -0.1) is 0 Å². The van der Waals surface area contributed by atoms with Crippen molar-refractivity contribution in [2.45, 2.75) is 6.23 Å². The molecule has 2 rings (SSSR count). The van der Waals surface area contributed by atoms with Gasteiger partial charge in [0, 0.05) is 25.3 Å². The van der Waals surface area contributed by atoms with Gasteiger partial charge in [-0.2, -0.15) is 0 Å². The third-order valence-electron chi connectivity index (χ3n) is 2.28. The topological polar surface area (TPSA) is 26.3 Å². The Morgan fingerprint density at radius 3 is 2.60 bits per heavy atom. The second-order valence-corrected chi connectivity index (χ2v) is 3.40. The molecule has 0 saturated heterocycles. The summed E-state index contributed by atoms with van der Waals surface area (Å²) in [4.78, 5) is 1.52. The van der Waals surface area contributed by atoms with E-state index in [9.17, 15) is 9.50 Å². The first-order valence-electron chi connectivity index (χ1n) is 4.62. The van der Waals surface area contributed by atoms with Crippen LogP contribution in [-0.4, -0.2) is 18.2 Å². The van der Waals surface area contributed by atoms with E-state index in [4.69, 9.17) is 0 Å². The maximum absolute atomic E-state index is 12.7. The summed E-state index contributed by atoms with van der Waals surface area (Å²) in [6.45, 7) is 0. The highest BCUT2D eigenvalue weighted by Gasteiger charge is 2.16. The number of benzene rings is 1. The number of nitrogens with zero attached hydrogens (tertiary/aromatic N) is 1. The van der Waals surface area contributed by atoms with E-state index in [-0.39, 0.29) is 5.82 Å². The number of allylic oxidation sites excluding steroid dienone is 2. The number of halogens is 1. The van der Waals surface area contributed by atoms with Crippen molar-refractivity contribution < 1.29 is 9.50 Å². The first-order valence-corrected chi connectivity index (χ1v) is 4.62. The Labute approximate surface area is 88.0 Å². The van der Waals surface area contributed by atoms with E-state index in [1.165, 1.54) is 17.0 Å². The lowest BCUT2D eigenvalue weighted by Crippen LogP contribution is -2.39. The van der Waals surface area contributed by atoms with E-state index in [0.29, 0.717) is 5.57 Å². The highest BCUT2D eigenvalue weighted by Crippen LogP contribution is 2.19. The average Bonchev–Trinajstić information content (AvgIpc) is 2.23. The average molecular weight is 203 g/mol. The predicted octanol–water partition coefficient (Wildman–Crippen LogP) is 1.16. The summed E-state index contributed by atoms with van der Waals surface area (Å²) in [5.41, 5.74) is 1.52. The smallest absolute Gasteiger partial charge is 0.193 e. The summed E-state index contributed by atoms with van der Waals surface area (Å²) in [5, 5.41) is 11.4. The minimum atomic E-state index is -0.991. The Bertz CT molecular complexity index is 408. The molecule has 1 aromatic carbocycles. The van der Waals surface area contributed by atoms with Gasteiger partial charge in [0.05, 0.1) is 24.1 Å². The third kappa shape index (κ3) is 2.04. The van der Waals surface area contributed by atoms with Crippen molar-refractivity contribution in [2.75, 3.05) is 7.05 Å². The molecule has 1 atom stereocenters. The van der Waals surface area contributed by atoms with Crippen molar-refractivity contribution in [1.82, 2.24) is 4.90 Å². The van der Waals surface area contributed by atoms with Gasteiger partial charge in [0.25, 0.3) is 0 Å². The molecule has 15 heavy (non-hydrogen) atoms. The molecule has 1 aromatic rings. The molecular formula is C12H10FNO. The molecule has 76 valence electrons. The fourth-order valence-electron chi connectivity index (χ4n) is 1.36. The van der Waals surface area contributed by atoms with E-state index in [2.05, 4.69) is 6.08 Å². The molecule has 1 heterocycles. The minimum absolute atomic E-state index is 0.282. The van der Waals surface area contributed by atoms with Gasteiger partial charge >= 0.3 is 0 Å². The van der Waals surface area contributed by atoms with Crippen molar-refractivity contribution in [3.05, 3.63) is 54.0 Å². The standard InChI is InChI=1S/C12H10FNO/c1-14-7-6-10(8-12(14)15)9-2-4-11(13)5-3-9/h2-7,12H,1H3. The maximum Gasteiger partial charge on any atom is 0.193 e. The largest absolute Gasteiger partial charge is 0.815 e. The van der Waals surface area contributed by atoms with Crippen LogP contribution in [0.1, 0.15) is 5.56 Å². The van der Waals surface area contributed by atoms with E-state index >= 15 is 0 Å². The number of rotatable bonds is 1. The molecule has 1 aliphatic heterocycles. The lowest BCUT2D eigenvalue weighted by molar-refractivity contribution is -0.435. The van der Waals surface area contributed by atoms with Crippen molar-refractivity contribution >= 4 is 5.57 Å². The van der Waals surface area contributed by atoms with Crippen LogP contribution in [0.5, 0.6) is 0 Å². The molecule has 0 bridgehead atoms. The van der Waals surface area contributed by atoms with Crippen LogP contribution in [0, 0.1) is 11.9 Å². The van der Waals surface area contributed by atoms with Gasteiger partial charge in [-0.05, 0) is 12.1 Å². The van der Waals surface area contributed by atoms with Crippen LogP contribution in [0.15, 0.2) is 36.5 Å². The Hall–Kier alpha value is -1.70. The zero-order chi connectivity index (χ0) is 10.8. The van der Waals surface area contributed by atoms with Gasteiger partial charge < -0.3 is 10.0 Å². The van der Waals surface area contributed by atoms with Gasteiger partial charge in [0.15, 0.2) is 5.57 Å². The van der Waals surface area contributed by atoms with E-state index < -0.39 is 6.23 Å². The molecule has 0 aromatic heterocycles. The summed E-state index contributed by atoms with van der Waals surface area (Å²) in [6, 6.07) is 6.02. The fourth-order valence-corrected chi connectivity index (χ4v) is 1.36. The number of hydrogen-bond donors (Lipinski definition) is 0. The van der Waals surface area contributed by atoms with Crippen LogP contribution >= 0.6 is 0 Å². The molecule has 0 aliphatic carbocycles. The SMILES string of the molecule is CN1C=CC(c2ccc(F)cc2)=[C+]C1[O-]. The summed E-state index contributed by atoms with van der Waals surface area (Å²) in [7, 11) is 1.70. The lowest BCUT2D eigenvalue weighted by Gasteiger charge is -2.26. The van der Waals surface area contributed by atoms with Crippen molar-refractivity contribution in [3.8, 4) is 0 Å². The molecule has 3 heteroatoms. The molecular weight excluding hydrogens is 193 g/mol. The van der Waals surface area contributed by atoms with Gasteiger partial charge in [-0.25, -0.2) is 4.39 Å². The van der Waals surface area contributed by atoms with Crippen molar-refractivity contribution in [3.63, 3.8) is 0 Å². The summed E-state index contributed by atoms with van der Waals surface area (Å²) in [5.74, 6) is -0.282. The highest BCUT2D eigenvalue weighted by atomic mass is 19.1. The van der Waals surface area contributed by atoms with Crippen molar-refractivity contribution in [2.24, 2.45) is 0 Å². The zero-order valence-electron chi connectivity index (χ0n) is 8.27. The Kier molecular flexibility index (Phi) is 2.50. The summed E-state index contributed by atoms with van der Waals surface area (Å²) >= 11 is 0. The van der Waals surface area contributed by atoms with Crippen LogP contribution < -0.4 is 5.11 Å². The van der Waals surface area contributed by atoms with Gasteiger partial charge in [0.1, 0.15) is 5.82 Å². The third-order valence-corrected chi connectivity index (χ3v) is 2.28. The van der Waals surface area contributed by atoms with Crippen LogP contribution in [0.2, 0.25) is 0 Å². The number of hydrogen-bond acceptors (Lipinski definition) is 2. The summed E-state index contributed by atoms with van der Waals surface area (Å²) in [6.07, 6.45) is 5.28. The second-order valence-electron chi connectivity index (χ2n) is 3.40. The maximum atomic E-state index is 12.7. The Morgan fingerprint density at radius 1 is 1.33 bits per heavy atom. The monoisotopic (exact) mass is 203 g/mol. The first kappa shape index (κ1) is 9.84. The Balaban J connectivity index is 2.29. The Morgan fingerprint density at radius 2 is 2.00 bits per heavy atom. The fraction of sp³-hybridized carbons (Fsp3) is 0.167. The molecule has 0 fully saturated rings. The van der Waals surface area contributed by atoms with Gasteiger partial charge in [-0.1, -0.05) is 0 Å². The molecule has 2 nitrogen and oxygen atoms in total. The molecule has 0 amide bonds. The van der Waals surface area contributed by atoms with Crippen LogP contribution in [0.4, 0.5) is 4.39 Å². The molecule has 0 radical (unpaired) electrons. The highest BCUT2D eigenvalue weighted by molar-refractivity contribution is 5.73. The van der Waals surface area contributed by atoms with E-state index in [0.717, 1.165) is 5.56 Å². The first-order chi connectivity index (χ1) is 7.16. The predicted molar refractivity (Wildman–Crippen MR) is 53.7 cm³/mol. The molecule has 1 unspecified atom stereocenters. The second kappa shape index (κ2) is 3.81. The quantitative estimate of drug-likeness (QED) is 0.640. The normalized spacial score (nSPS) is 19.8. The number of likely N-dealkylation sites (N-methyl/N-ethyl adjacent to an activating group) is 1. The van der Waals surface area contributed by atoms with E-state index in [1.54, 1.807) is 31.5 Å². The van der Waals surface area contributed by atoms with Crippen LogP contribution in [0.3, 0.4) is 0 Å². The molecule has 0 saturated carbocycles. The van der Waals surface area contributed by atoms with Crippen LogP contribution in [0.25, 0.3) is 5.57 Å². The van der Waals surface area contributed by atoms with Gasteiger partial charge in [-0.3, -0.25) is 0 Å². The van der Waals surface area contributed by atoms with E-state index in [1.807, 2.05) is 0 Å². The van der Waals surface area contributed by atoms with Gasteiger partial charge in [0.2, 0.25) is 0 Å². The molecule has 1 aliphatic rings. The zero-order valence-corrected chi connectivity index (χ0v) is 8.27. The molecule has 0 N–H and O–H groups in total. The minimum Gasteiger partial charge on any atom is -0.815 e. The summed E-state index contributed by atoms with van der Waals surface area (Å²) < 4.78 is 12.7. The van der Waals surface area contributed by atoms with Crippen LogP contribution in [-0.2, 0) is 0 Å². The molecule has 0 spiro atoms.